The van der Waals surface area contributed by atoms with Crippen molar-refractivity contribution in [2.45, 2.75) is 12.5 Å². The van der Waals surface area contributed by atoms with E-state index in [-0.39, 0.29) is 0 Å². The predicted molar refractivity (Wildman–Crippen MR) is 90.7 cm³/mol. The zero-order valence-electron chi connectivity index (χ0n) is 11.9. The highest BCUT2D eigenvalue weighted by Crippen LogP contribution is 2.44. The lowest BCUT2D eigenvalue weighted by Gasteiger charge is -2.22. The molecule has 2 aromatic rings. The number of pyridine rings is 1. The van der Waals surface area contributed by atoms with E-state index in [4.69, 9.17) is 0 Å². The maximum absolute atomic E-state index is 4.44. The first kappa shape index (κ1) is 12.7. The summed E-state index contributed by atoms with van der Waals surface area (Å²) in [5, 5.41) is 2.52. The van der Waals surface area contributed by atoms with Gasteiger partial charge in [-0.25, -0.2) is 0 Å². The molecule has 2 nitrogen and oxygen atoms in total. The molecule has 2 aliphatic rings. The van der Waals surface area contributed by atoms with Crippen LogP contribution in [0.15, 0.2) is 64.7 Å². The van der Waals surface area contributed by atoms with Crippen molar-refractivity contribution in [1.82, 2.24) is 9.88 Å². The number of rotatable bonds is 1. The Hall–Kier alpha value is -2.00. The topological polar surface area (TPSA) is 16.1 Å². The van der Waals surface area contributed by atoms with Gasteiger partial charge in [-0.05, 0) is 30.2 Å². The van der Waals surface area contributed by atoms with Crippen LogP contribution in [0.4, 0.5) is 0 Å². The maximum atomic E-state index is 4.44. The molecule has 3 heteroatoms. The Morgan fingerprint density at radius 3 is 3.10 bits per heavy atom. The van der Waals surface area contributed by atoms with E-state index in [2.05, 4.69) is 65.5 Å². The summed E-state index contributed by atoms with van der Waals surface area (Å²) in [5.41, 5.74) is 2.29. The van der Waals surface area contributed by atoms with Gasteiger partial charge >= 0.3 is 0 Å². The normalized spacial score (nSPS) is 22.7. The van der Waals surface area contributed by atoms with Crippen molar-refractivity contribution in [3.05, 3.63) is 70.3 Å². The molecule has 0 saturated carbocycles. The lowest BCUT2D eigenvalue weighted by atomic mass is 10.1. The number of likely N-dealkylation sites (N-methyl/N-ethyl adjacent to an activating group) is 1. The molecular formula is C18H16N2S. The number of hydrogen-bond acceptors (Lipinski definition) is 3. The van der Waals surface area contributed by atoms with Crippen molar-refractivity contribution in [2.24, 2.45) is 0 Å². The zero-order valence-corrected chi connectivity index (χ0v) is 12.7. The highest BCUT2D eigenvalue weighted by atomic mass is 32.2. The van der Waals surface area contributed by atoms with E-state index in [9.17, 15) is 0 Å². The Kier molecular flexibility index (Phi) is 3.08. The summed E-state index contributed by atoms with van der Waals surface area (Å²) in [5.74, 6) is 0. The quantitative estimate of drug-likeness (QED) is 0.774. The molecule has 1 fully saturated rings. The molecule has 104 valence electrons. The van der Waals surface area contributed by atoms with Crippen molar-refractivity contribution in [1.29, 1.82) is 0 Å². The average molecular weight is 292 g/mol. The smallest absolute Gasteiger partial charge is 0.0762 e. The number of aromatic nitrogens is 1. The van der Waals surface area contributed by atoms with Gasteiger partial charge in [0.1, 0.15) is 0 Å². The summed E-state index contributed by atoms with van der Waals surface area (Å²) in [6, 6.07) is 10.9. The molecule has 0 radical (unpaired) electrons. The van der Waals surface area contributed by atoms with Gasteiger partial charge in [-0.15, -0.1) is 0 Å². The molecule has 1 unspecified atom stereocenters. The van der Waals surface area contributed by atoms with Crippen LogP contribution in [0.5, 0.6) is 0 Å². The number of benzene rings is 1. The molecule has 0 amide bonds. The second-order valence-corrected chi connectivity index (χ2v) is 6.46. The summed E-state index contributed by atoms with van der Waals surface area (Å²) in [6.07, 6.45) is 11.9. The van der Waals surface area contributed by atoms with Gasteiger partial charge in [0.15, 0.2) is 0 Å². The largest absolute Gasteiger partial charge is 0.361 e. The van der Waals surface area contributed by atoms with Crippen LogP contribution in [-0.2, 0) is 0 Å². The molecule has 1 aliphatic carbocycles. The minimum absolute atomic E-state index is 0.513. The van der Waals surface area contributed by atoms with Gasteiger partial charge in [-0.2, -0.15) is 0 Å². The lowest BCUT2D eigenvalue weighted by Crippen LogP contribution is -2.24. The van der Waals surface area contributed by atoms with Gasteiger partial charge in [0, 0.05) is 23.5 Å². The van der Waals surface area contributed by atoms with Crippen LogP contribution < -0.4 is 0 Å². The van der Waals surface area contributed by atoms with Crippen LogP contribution in [0.3, 0.4) is 0 Å². The maximum Gasteiger partial charge on any atom is 0.0762 e. The molecule has 0 N–H and O–H groups in total. The lowest BCUT2D eigenvalue weighted by molar-refractivity contribution is 0.386. The fourth-order valence-corrected chi connectivity index (χ4v) is 4.14. The van der Waals surface area contributed by atoms with Gasteiger partial charge in [0.05, 0.1) is 16.6 Å². The Labute approximate surface area is 128 Å². The third kappa shape index (κ3) is 2.18. The SMILES string of the molecule is CN1/C(=C/c2ccnc3ccccc23)SC2=CC=CCC21. The predicted octanol–water partition coefficient (Wildman–Crippen LogP) is 4.42. The molecule has 0 bridgehead atoms. The molecular weight excluding hydrogens is 276 g/mol. The second-order valence-electron chi connectivity index (χ2n) is 5.36. The summed E-state index contributed by atoms with van der Waals surface area (Å²) >= 11 is 1.88. The van der Waals surface area contributed by atoms with E-state index in [1.165, 1.54) is 20.9 Å². The van der Waals surface area contributed by atoms with Gasteiger partial charge in [-0.1, -0.05) is 48.2 Å². The molecule has 21 heavy (non-hydrogen) atoms. The third-order valence-electron chi connectivity index (χ3n) is 4.08. The minimum atomic E-state index is 0.513. The zero-order chi connectivity index (χ0) is 14.2. The van der Waals surface area contributed by atoms with Crippen molar-refractivity contribution in [2.75, 3.05) is 7.05 Å². The van der Waals surface area contributed by atoms with Gasteiger partial charge < -0.3 is 4.90 Å². The Balaban J connectivity index is 1.77. The molecule has 1 aliphatic heterocycles. The van der Waals surface area contributed by atoms with E-state index >= 15 is 0 Å². The monoisotopic (exact) mass is 292 g/mol. The molecule has 2 heterocycles. The number of thioether (sulfide) groups is 1. The van der Waals surface area contributed by atoms with E-state index in [0.29, 0.717) is 6.04 Å². The highest BCUT2D eigenvalue weighted by molar-refractivity contribution is 8.07. The van der Waals surface area contributed by atoms with Crippen LogP contribution in [0, 0.1) is 0 Å². The van der Waals surface area contributed by atoms with Crippen LogP contribution in [0.2, 0.25) is 0 Å². The molecule has 1 saturated heterocycles. The second kappa shape index (κ2) is 5.08. The van der Waals surface area contributed by atoms with Crippen molar-refractivity contribution >= 4 is 28.7 Å². The van der Waals surface area contributed by atoms with E-state index in [1.54, 1.807) is 0 Å². The highest BCUT2D eigenvalue weighted by Gasteiger charge is 2.30. The van der Waals surface area contributed by atoms with Crippen LogP contribution >= 0.6 is 11.8 Å². The average Bonchev–Trinajstić information content (AvgIpc) is 2.85. The standard InChI is InChI=1S/C18H16N2S/c1-20-16-8-4-5-9-17(16)21-18(20)12-13-10-11-19-15-7-3-2-6-14(13)15/h2-7,9-12,16H,8H2,1H3/b18-12-. The number of nitrogens with zero attached hydrogens (tertiary/aromatic N) is 2. The number of allylic oxidation sites excluding steroid dienone is 2. The minimum Gasteiger partial charge on any atom is -0.361 e. The molecule has 1 aromatic heterocycles. The van der Waals surface area contributed by atoms with Crippen molar-refractivity contribution in [3.63, 3.8) is 0 Å². The van der Waals surface area contributed by atoms with Gasteiger partial charge in [-0.3, -0.25) is 4.98 Å². The van der Waals surface area contributed by atoms with Crippen LogP contribution in [0.25, 0.3) is 17.0 Å². The van der Waals surface area contributed by atoms with Crippen LogP contribution in [-0.4, -0.2) is 23.0 Å². The van der Waals surface area contributed by atoms with E-state index in [0.717, 1.165) is 11.9 Å². The number of hydrogen-bond donors (Lipinski definition) is 0. The summed E-state index contributed by atoms with van der Waals surface area (Å²) in [7, 11) is 2.19. The molecule has 4 rings (SSSR count). The molecule has 1 atom stereocenters. The first-order valence-corrected chi connectivity index (χ1v) is 7.97. The molecule has 1 aromatic carbocycles. The van der Waals surface area contributed by atoms with Crippen molar-refractivity contribution < 1.29 is 0 Å². The number of fused-ring (bicyclic) bond motifs is 2. The third-order valence-corrected chi connectivity index (χ3v) is 5.34. The fraction of sp³-hybridized carbons (Fsp3) is 0.167. The Morgan fingerprint density at radius 2 is 2.19 bits per heavy atom. The Morgan fingerprint density at radius 1 is 1.29 bits per heavy atom. The van der Waals surface area contributed by atoms with Crippen molar-refractivity contribution in [3.8, 4) is 0 Å². The Bertz CT molecular complexity index is 783. The molecule has 0 spiro atoms. The van der Waals surface area contributed by atoms with E-state index < -0.39 is 0 Å². The van der Waals surface area contributed by atoms with Gasteiger partial charge in [0.25, 0.3) is 0 Å². The van der Waals surface area contributed by atoms with E-state index in [1.807, 2.05) is 24.0 Å². The first-order chi connectivity index (χ1) is 10.3. The summed E-state index contributed by atoms with van der Waals surface area (Å²) in [4.78, 5) is 8.27. The van der Waals surface area contributed by atoms with Gasteiger partial charge in [0.2, 0.25) is 0 Å². The van der Waals surface area contributed by atoms with Crippen LogP contribution in [0.1, 0.15) is 12.0 Å². The summed E-state index contributed by atoms with van der Waals surface area (Å²) in [6.45, 7) is 0. The summed E-state index contributed by atoms with van der Waals surface area (Å²) < 4.78 is 0. The fourth-order valence-electron chi connectivity index (χ4n) is 2.90. The first-order valence-electron chi connectivity index (χ1n) is 7.16. The number of para-hydroxylation sites is 1.